The standard InChI is InChI=1S/C12H14N2/c13-6-3-10-1-2-11-4-7-14-8-5-12(11)9-10/h1-2,9,14H,3-5,7-8H2. The fraction of sp³-hybridized carbons (Fsp3) is 0.417. The van der Waals surface area contributed by atoms with Gasteiger partial charge < -0.3 is 5.32 Å². The van der Waals surface area contributed by atoms with Crippen LogP contribution in [0.25, 0.3) is 0 Å². The van der Waals surface area contributed by atoms with Crippen molar-refractivity contribution in [2.24, 2.45) is 0 Å². The van der Waals surface area contributed by atoms with Crippen LogP contribution in [0.4, 0.5) is 0 Å². The molecule has 0 fully saturated rings. The van der Waals surface area contributed by atoms with E-state index < -0.39 is 0 Å². The molecule has 14 heavy (non-hydrogen) atoms. The summed E-state index contributed by atoms with van der Waals surface area (Å²) in [6.07, 6.45) is 2.73. The van der Waals surface area contributed by atoms with E-state index in [2.05, 4.69) is 29.6 Å². The van der Waals surface area contributed by atoms with Crippen LogP contribution < -0.4 is 5.32 Å². The first-order valence-electron chi connectivity index (χ1n) is 5.08. The zero-order valence-corrected chi connectivity index (χ0v) is 8.21. The minimum Gasteiger partial charge on any atom is -0.316 e. The van der Waals surface area contributed by atoms with E-state index in [1.807, 2.05) is 0 Å². The maximum atomic E-state index is 8.62. The van der Waals surface area contributed by atoms with Crippen molar-refractivity contribution in [2.75, 3.05) is 13.1 Å². The molecule has 2 rings (SSSR count). The van der Waals surface area contributed by atoms with Crippen LogP contribution in [0.3, 0.4) is 0 Å². The Balaban J connectivity index is 2.28. The van der Waals surface area contributed by atoms with Crippen molar-refractivity contribution >= 4 is 0 Å². The first kappa shape index (κ1) is 9.23. The van der Waals surface area contributed by atoms with E-state index in [0.717, 1.165) is 31.5 Å². The normalized spacial score (nSPS) is 15.4. The van der Waals surface area contributed by atoms with Gasteiger partial charge in [0, 0.05) is 0 Å². The van der Waals surface area contributed by atoms with Crippen molar-refractivity contribution in [1.82, 2.24) is 5.32 Å². The highest BCUT2D eigenvalue weighted by atomic mass is 14.8. The number of nitriles is 1. The highest BCUT2D eigenvalue weighted by molar-refractivity contribution is 5.34. The lowest BCUT2D eigenvalue weighted by Crippen LogP contribution is -2.16. The molecule has 0 saturated heterocycles. The Morgan fingerprint density at radius 2 is 2.00 bits per heavy atom. The molecule has 0 atom stereocenters. The summed E-state index contributed by atoms with van der Waals surface area (Å²) in [4.78, 5) is 0. The van der Waals surface area contributed by atoms with Gasteiger partial charge in [0.15, 0.2) is 0 Å². The number of nitrogens with one attached hydrogen (secondary N) is 1. The third-order valence-electron chi connectivity index (χ3n) is 2.70. The fourth-order valence-corrected chi connectivity index (χ4v) is 1.93. The Morgan fingerprint density at radius 3 is 2.79 bits per heavy atom. The minimum absolute atomic E-state index is 0.528. The summed E-state index contributed by atoms with van der Waals surface area (Å²) in [7, 11) is 0. The molecule has 72 valence electrons. The molecule has 1 aliphatic heterocycles. The van der Waals surface area contributed by atoms with Crippen LogP contribution >= 0.6 is 0 Å². The predicted molar refractivity (Wildman–Crippen MR) is 56.0 cm³/mol. The van der Waals surface area contributed by atoms with Crippen LogP contribution in [-0.2, 0) is 19.3 Å². The monoisotopic (exact) mass is 186 g/mol. The van der Waals surface area contributed by atoms with Gasteiger partial charge in [-0.05, 0) is 42.6 Å². The van der Waals surface area contributed by atoms with E-state index in [4.69, 9.17) is 5.26 Å². The summed E-state index contributed by atoms with van der Waals surface area (Å²) in [5, 5.41) is 12.0. The molecule has 1 aromatic carbocycles. The maximum absolute atomic E-state index is 8.62. The summed E-state index contributed by atoms with van der Waals surface area (Å²) in [6.45, 7) is 2.13. The number of hydrogen-bond acceptors (Lipinski definition) is 2. The second kappa shape index (κ2) is 4.26. The SMILES string of the molecule is N#CCc1ccc2c(c1)CCNCC2. The van der Waals surface area contributed by atoms with Gasteiger partial charge in [-0.15, -0.1) is 0 Å². The van der Waals surface area contributed by atoms with E-state index in [0.29, 0.717) is 6.42 Å². The molecule has 2 heteroatoms. The van der Waals surface area contributed by atoms with Crippen molar-refractivity contribution in [3.8, 4) is 6.07 Å². The third-order valence-corrected chi connectivity index (χ3v) is 2.70. The van der Waals surface area contributed by atoms with Gasteiger partial charge in [0.1, 0.15) is 0 Å². The van der Waals surface area contributed by atoms with Crippen LogP contribution in [0.1, 0.15) is 16.7 Å². The van der Waals surface area contributed by atoms with Crippen molar-refractivity contribution in [2.45, 2.75) is 19.3 Å². The van der Waals surface area contributed by atoms with Crippen LogP contribution in [0.15, 0.2) is 18.2 Å². The predicted octanol–water partition coefficient (Wildman–Crippen LogP) is 1.44. The number of fused-ring (bicyclic) bond motifs is 1. The summed E-state index contributed by atoms with van der Waals surface area (Å²) in [5.41, 5.74) is 4.01. The average Bonchev–Trinajstić information content (AvgIpc) is 2.42. The maximum Gasteiger partial charge on any atom is 0.0669 e. The Bertz CT molecular complexity index is 363. The molecule has 0 radical (unpaired) electrons. The lowest BCUT2D eigenvalue weighted by atomic mass is 9.99. The Morgan fingerprint density at radius 1 is 1.21 bits per heavy atom. The molecule has 0 spiro atoms. The molecular formula is C12H14N2. The smallest absolute Gasteiger partial charge is 0.0669 e. The first-order valence-corrected chi connectivity index (χ1v) is 5.08. The number of rotatable bonds is 1. The van der Waals surface area contributed by atoms with E-state index in [1.54, 1.807) is 0 Å². The van der Waals surface area contributed by atoms with Gasteiger partial charge in [0.25, 0.3) is 0 Å². The van der Waals surface area contributed by atoms with E-state index >= 15 is 0 Å². The van der Waals surface area contributed by atoms with Crippen LogP contribution in [-0.4, -0.2) is 13.1 Å². The highest BCUT2D eigenvalue weighted by Crippen LogP contribution is 2.15. The zero-order valence-electron chi connectivity index (χ0n) is 8.21. The number of hydrogen-bond donors (Lipinski definition) is 1. The number of nitrogens with zero attached hydrogens (tertiary/aromatic N) is 1. The molecule has 1 heterocycles. The second-order valence-corrected chi connectivity index (χ2v) is 3.69. The molecule has 0 amide bonds. The lowest BCUT2D eigenvalue weighted by Gasteiger charge is -2.05. The van der Waals surface area contributed by atoms with E-state index in [1.165, 1.54) is 11.1 Å². The fourth-order valence-electron chi connectivity index (χ4n) is 1.93. The quantitative estimate of drug-likeness (QED) is 0.720. The lowest BCUT2D eigenvalue weighted by molar-refractivity contribution is 0.711. The average molecular weight is 186 g/mol. The summed E-state index contributed by atoms with van der Waals surface area (Å²) in [5.74, 6) is 0. The summed E-state index contributed by atoms with van der Waals surface area (Å²) < 4.78 is 0. The molecule has 2 nitrogen and oxygen atoms in total. The summed E-state index contributed by atoms with van der Waals surface area (Å²) in [6, 6.07) is 8.63. The van der Waals surface area contributed by atoms with Crippen molar-refractivity contribution < 1.29 is 0 Å². The van der Waals surface area contributed by atoms with Crippen LogP contribution in [0.2, 0.25) is 0 Å². The summed E-state index contributed by atoms with van der Waals surface area (Å²) >= 11 is 0. The molecule has 1 N–H and O–H groups in total. The topological polar surface area (TPSA) is 35.8 Å². The highest BCUT2D eigenvalue weighted by Gasteiger charge is 2.07. The Labute approximate surface area is 84.6 Å². The Hall–Kier alpha value is -1.33. The molecule has 0 saturated carbocycles. The van der Waals surface area contributed by atoms with Crippen LogP contribution in [0, 0.1) is 11.3 Å². The zero-order chi connectivity index (χ0) is 9.80. The molecule has 0 bridgehead atoms. The number of benzene rings is 1. The molecule has 0 aliphatic carbocycles. The van der Waals surface area contributed by atoms with Gasteiger partial charge in [0.05, 0.1) is 12.5 Å². The van der Waals surface area contributed by atoms with Gasteiger partial charge in [-0.3, -0.25) is 0 Å². The molecule has 0 unspecified atom stereocenters. The van der Waals surface area contributed by atoms with Crippen molar-refractivity contribution in [3.63, 3.8) is 0 Å². The third kappa shape index (κ3) is 1.94. The van der Waals surface area contributed by atoms with Crippen molar-refractivity contribution in [3.05, 3.63) is 34.9 Å². The Kier molecular flexibility index (Phi) is 2.81. The second-order valence-electron chi connectivity index (χ2n) is 3.69. The van der Waals surface area contributed by atoms with Crippen LogP contribution in [0.5, 0.6) is 0 Å². The van der Waals surface area contributed by atoms with Gasteiger partial charge in [0.2, 0.25) is 0 Å². The van der Waals surface area contributed by atoms with E-state index in [-0.39, 0.29) is 0 Å². The van der Waals surface area contributed by atoms with Gasteiger partial charge in [-0.25, -0.2) is 0 Å². The molecule has 1 aliphatic rings. The van der Waals surface area contributed by atoms with Gasteiger partial charge in [-0.1, -0.05) is 18.2 Å². The van der Waals surface area contributed by atoms with Gasteiger partial charge in [-0.2, -0.15) is 5.26 Å². The van der Waals surface area contributed by atoms with Crippen molar-refractivity contribution in [1.29, 1.82) is 5.26 Å². The van der Waals surface area contributed by atoms with Gasteiger partial charge >= 0.3 is 0 Å². The minimum atomic E-state index is 0.528. The largest absolute Gasteiger partial charge is 0.316 e. The first-order chi connectivity index (χ1) is 6.90. The van der Waals surface area contributed by atoms with E-state index in [9.17, 15) is 0 Å². The molecule has 0 aromatic heterocycles. The molecular weight excluding hydrogens is 172 g/mol. The molecule has 1 aromatic rings.